The number of pyridine rings is 1. The van der Waals surface area contributed by atoms with Gasteiger partial charge in [-0.3, -0.25) is 14.6 Å². The highest BCUT2D eigenvalue weighted by Crippen LogP contribution is 2.34. The molecule has 0 aliphatic carbocycles. The lowest BCUT2D eigenvalue weighted by Crippen LogP contribution is -2.12. The van der Waals surface area contributed by atoms with Crippen LogP contribution in [0.1, 0.15) is 33.3 Å². The molecule has 0 radical (unpaired) electrons. The number of halogens is 1. The van der Waals surface area contributed by atoms with Gasteiger partial charge in [-0.1, -0.05) is 48.0 Å². The van der Waals surface area contributed by atoms with Gasteiger partial charge < -0.3 is 5.32 Å². The van der Waals surface area contributed by atoms with Crippen LogP contribution in [0.4, 0.5) is 5.69 Å². The molecule has 3 aromatic carbocycles. The number of hydrogen-bond donors (Lipinski definition) is 1. The molecule has 148 valence electrons. The molecule has 1 amide bonds. The highest BCUT2D eigenvalue weighted by atomic mass is 35.5. The molecule has 0 fully saturated rings. The average Bonchev–Trinajstić information content (AvgIpc) is 2.73. The van der Waals surface area contributed by atoms with Gasteiger partial charge in [0.25, 0.3) is 5.91 Å². The molecule has 0 unspecified atom stereocenters. The van der Waals surface area contributed by atoms with E-state index in [-0.39, 0.29) is 11.7 Å². The van der Waals surface area contributed by atoms with E-state index in [1.807, 2.05) is 49.4 Å². The van der Waals surface area contributed by atoms with Crippen molar-refractivity contribution < 1.29 is 9.59 Å². The van der Waals surface area contributed by atoms with Crippen molar-refractivity contribution in [1.29, 1.82) is 0 Å². The number of ketones is 1. The summed E-state index contributed by atoms with van der Waals surface area (Å²) < 4.78 is 0. The summed E-state index contributed by atoms with van der Waals surface area (Å²) in [5, 5.41) is 4.21. The van der Waals surface area contributed by atoms with Crippen LogP contribution >= 0.6 is 11.6 Å². The topological polar surface area (TPSA) is 59.1 Å². The summed E-state index contributed by atoms with van der Waals surface area (Å²) in [6.07, 6.45) is 0. The average molecular weight is 415 g/mol. The summed E-state index contributed by atoms with van der Waals surface area (Å²) in [7, 11) is 0. The van der Waals surface area contributed by atoms with Crippen LogP contribution in [0, 0.1) is 6.92 Å². The molecule has 4 rings (SSSR count). The van der Waals surface area contributed by atoms with E-state index in [1.54, 1.807) is 37.3 Å². The Kier molecular flexibility index (Phi) is 5.34. The number of benzene rings is 3. The predicted molar refractivity (Wildman–Crippen MR) is 121 cm³/mol. The molecular formula is C25H19ClN2O2. The Morgan fingerprint density at radius 2 is 1.70 bits per heavy atom. The number of nitrogens with one attached hydrogen (secondary N) is 1. The molecule has 1 N–H and O–H groups in total. The Morgan fingerprint density at radius 3 is 2.40 bits per heavy atom. The van der Waals surface area contributed by atoms with E-state index in [2.05, 4.69) is 10.3 Å². The second-order valence-electron chi connectivity index (χ2n) is 7.07. The third-order valence-corrected chi connectivity index (χ3v) is 5.16. The standard InChI is InChI=1S/C25H19ClN2O2/c1-15-23(16(2)29)24(17-7-4-3-5-8-17)21-14-20(11-12-22(21)27-15)28-25(30)18-9-6-10-19(26)13-18/h3-14H,1-2H3,(H,28,30). The van der Waals surface area contributed by atoms with Crippen molar-refractivity contribution in [3.05, 3.63) is 94.6 Å². The van der Waals surface area contributed by atoms with Crippen LogP contribution in [0.15, 0.2) is 72.8 Å². The fourth-order valence-corrected chi connectivity index (χ4v) is 3.82. The molecule has 0 aliphatic heterocycles. The molecule has 0 saturated carbocycles. The molecule has 0 spiro atoms. The molecular weight excluding hydrogens is 396 g/mol. The van der Waals surface area contributed by atoms with Gasteiger partial charge >= 0.3 is 0 Å². The van der Waals surface area contributed by atoms with E-state index in [4.69, 9.17) is 11.6 Å². The second kappa shape index (κ2) is 8.09. The zero-order chi connectivity index (χ0) is 21.3. The summed E-state index contributed by atoms with van der Waals surface area (Å²) >= 11 is 6.00. The summed E-state index contributed by atoms with van der Waals surface area (Å²) in [5.41, 5.74) is 4.87. The Balaban J connectivity index is 1.86. The molecule has 4 nitrogen and oxygen atoms in total. The van der Waals surface area contributed by atoms with Crippen LogP contribution in [0.3, 0.4) is 0 Å². The van der Waals surface area contributed by atoms with Crippen LogP contribution < -0.4 is 5.32 Å². The van der Waals surface area contributed by atoms with Crippen molar-refractivity contribution in [2.75, 3.05) is 5.32 Å². The smallest absolute Gasteiger partial charge is 0.255 e. The van der Waals surface area contributed by atoms with Crippen LogP contribution in [-0.4, -0.2) is 16.7 Å². The molecule has 30 heavy (non-hydrogen) atoms. The third-order valence-electron chi connectivity index (χ3n) is 4.93. The maximum absolute atomic E-state index is 12.6. The maximum atomic E-state index is 12.6. The minimum absolute atomic E-state index is 0.0471. The Morgan fingerprint density at radius 1 is 0.933 bits per heavy atom. The number of Topliss-reactive ketones (excluding diaryl/α,β-unsaturated/α-hetero) is 1. The van der Waals surface area contributed by atoms with E-state index >= 15 is 0 Å². The number of fused-ring (bicyclic) bond motifs is 1. The van der Waals surface area contributed by atoms with E-state index in [1.165, 1.54) is 0 Å². The molecule has 1 heterocycles. The monoisotopic (exact) mass is 414 g/mol. The van der Waals surface area contributed by atoms with Crippen molar-refractivity contribution >= 4 is 39.9 Å². The van der Waals surface area contributed by atoms with Gasteiger partial charge in [-0.05, 0) is 55.8 Å². The van der Waals surface area contributed by atoms with E-state index in [0.29, 0.717) is 27.5 Å². The molecule has 0 atom stereocenters. The fourth-order valence-electron chi connectivity index (χ4n) is 3.63. The molecule has 4 aromatic rings. The van der Waals surface area contributed by atoms with Crippen molar-refractivity contribution in [2.45, 2.75) is 13.8 Å². The zero-order valence-corrected chi connectivity index (χ0v) is 17.3. The van der Waals surface area contributed by atoms with Crippen LogP contribution in [0.25, 0.3) is 22.0 Å². The number of rotatable bonds is 4. The lowest BCUT2D eigenvalue weighted by molar-refractivity contribution is 0.101. The number of hydrogen-bond acceptors (Lipinski definition) is 3. The Labute approximate surface area is 179 Å². The van der Waals surface area contributed by atoms with Gasteiger partial charge in [0.2, 0.25) is 0 Å². The largest absolute Gasteiger partial charge is 0.322 e. The fraction of sp³-hybridized carbons (Fsp3) is 0.0800. The second-order valence-corrected chi connectivity index (χ2v) is 7.50. The van der Waals surface area contributed by atoms with Gasteiger partial charge in [0.15, 0.2) is 5.78 Å². The van der Waals surface area contributed by atoms with Crippen molar-refractivity contribution in [2.24, 2.45) is 0 Å². The number of aromatic nitrogens is 1. The molecule has 0 saturated heterocycles. The van der Waals surface area contributed by atoms with E-state index in [0.717, 1.165) is 22.0 Å². The molecule has 5 heteroatoms. The van der Waals surface area contributed by atoms with Crippen molar-refractivity contribution in [3.8, 4) is 11.1 Å². The van der Waals surface area contributed by atoms with Gasteiger partial charge in [-0.2, -0.15) is 0 Å². The van der Waals surface area contributed by atoms with Crippen molar-refractivity contribution in [3.63, 3.8) is 0 Å². The number of anilines is 1. The SMILES string of the molecule is CC(=O)c1c(C)nc2ccc(NC(=O)c3cccc(Cl)c3)cc2c1-c1ccccc1. The first-order valence-electron chi connectivity index (χ1n) is 9.51. The molecule has 1 aromatic heterocycles. The number of carbonyl (C=O) groups is 2. The first-order chi connectivity index (χ1) is 14.4. The van der Waals surface area contributed by atoms with E-state index in [9.17, 15) is 9.59 Å². The summed E-state index contributed by atoms with van der Waals surface area (Å²) in [4.78, 5) is 29.7. The van der Waals surface area contributed by atoms with Gasteiger partial charge in [0.05, 0.1) is 5.52 Å². The van der Waals surface area contributed by atoms with Gasteiger partial charge in [-0.15, -0.1) is 0 Å². The summed E-state index contributed by atoms with van der Waals surface area (Å²) in [5.74, 6) is -0.306. The highest BCUT2D eigenvalue weighted by molar-refractivity contribution is 6.31. The first-order valence-corrected chi connectivity index (χ1v) is 9.89. The number of aryl methyl sites for hydroxylation is 1. The Bertz CT molecular complexity index is 1280. The van der Waals surface area contributed by atoms with E-state index < -0.39 is 0 Å². The van der Waals surface area contributed by atoms with Gasteiger partial charge in [0.1, 0.15) is 0 Å². The minimum Gasteiger partial charge on any atom is -0.322 e. The quantitative estimate of drug-likeness (QED) is 0.397. The van der Waals surface area contributed by atoms with Gasteiger partial charge in [-0.25, -0.2) is 0 Å². The molecule has 0 bridgehead atoms. The van der Waals surface area contributed by atoms with Crippen LogP contribution in [0.5, 0.6) is 0 Å². The van der Waals surface area contributed by atoms with Crippen molar-refractivity contribution in [1.82, 2.24) is 4.98 Å². The van der Waals surface area contributed by atoms with Crippen LogP contribution in [0.2, 0.25) is 5.02 Å². The van der Waals surface area contributed by atoms with Gasteiger partial charge in [0, 0.05) is 38.5 Å². The number of amides is 1. The Hall–Kier alpha value is -3.50. The first kappa shape index (κ1) is 19.8. The summed E-state index contributed by atoms with van der Waals surface area (Å²) in [6.45, 7) is 3.39. The summed E-state index contributed by atoms with van der Waals surface area (Å²) in [6, 6.07) is 22.0. The highest BCUT2D eigenvalue weighted by Gasteiger charge is 2.18. The molecule has 0 aliphatic rings. The zero-order valence-electron chi connectivity index (χ0n) is 16.6. The normalized spacial score (nSPS) is 10.8. The number of nitrogens with zero attached hydrogens (tertiary/aromatic N) is 1. The lowest BCUT2D eigenvalue weighted by Gasteiger charge is -2.15. The predicted octanol–water partition coefficient (Wildman–Crippen LogP) is 6.32. The van der Waals surface area contributed by atoms with Crippen LogP contribution in [-0.2, 0) is 0 Å². The lowest BCUT2D eigenvalue weighted by atomic mass is 9.92. The third kappa shape index (κ3) is 3.82. The number of carbonyl (C=O) groups excluding carboxylic acids is 2. The maximum Gasteiger partial charge on any atom is 0.255 e. The minimum atomic E-state index is -0.259.